The molecular weight excluding hydrogens is 424 g/mol. The molecule has 32 heavy (non-hydrogen) atoms. The van der Waals surface area contributed by atoms with Gasteiger partial charge in [-0.3, -0.25) is 9.59 Å². The molecule has 4 rings (SSSR count). The van der Waals surface area contributed by atoms with E-state index in [1.165, 1.54) is 24.8 Å². The Balaban J connectivity index is 1.47. The highest BCUT2D eigenvalue weighted by Gasteiger charge is 2.50. The molecule has 176 valence electrons. The van der Waals surface area contributed by atoms with Crippen LogP contribution in [0.4, 0.5) is 0 Å². The Morgan fingerprint density at radius 1 is 1.09 bits per heavy atom. The van der Waals surface area contributed by atoms with Gasteiger partial charge in [-0.2, -0.15) is 0 Å². The zero-order valence-corrected chi connectivity index (χ0v) is 20.0. The van der Waals surface area contributed by atoms with Crippen LogP contribution >= 0.6 is 11.6 Å². The van der Waals surface area contributed by atoms with Gasteiger partial charge in [0.1, 0.15) is 0 Å². The fourth-order valence-electron chi connectivity index (χ4n) is 6.28. The van der Waals surface area contributed by atoms with E-state index in [9.17, 15) is 9.59 Å². The molecule has 2 aliphatic heterocycles. The summed E-state index contributed by atoms with van der Waals surface area (Å²) in [5.41, 5.74) is 0.761. The second-order valence-corrected chi connectivity index (χ2v) is 10.2. The van der Waals surface area contributed by atoms with Gasteiger partial charge >= 0.3 is 5.97 Å². The maximum Gasteiger partial charge on any atom is 0.312 e. The van der Waals surface area contributed by atoms with Crippen molar-refractivity contribution in [1.82, 2.24) is 10.2 Å². The van der Waals surface area contributed by atoms with Crippen LogP contribution in [-0.4, -0.2) is 49.6 Å². The summed E-state index contributed by atoms with van der Waals surface area (Å²) in [6.07, 6.45) is 8.20. The van der Waals surface area contributed by atoms with Crippen LogP contribution in [0.5, 0.6) is 0 Å². The standard InChI is InChI=1S/C26H37ClN2O3/c1-2-32-25(31)26(20-6-4-3-5-7-20)13-16-29(17-14-26)24(30)22-12-15-28-18-23(22)19-8-10-21(27)11-9-19/h8-11,20,22-23,28H,2-7,12-18H2,1H3. The van der Waals surface area contributed by atoms with Crippen molar-refractivity contribution in [3.8, 4) is 0 Å². The van der Waals surface area contributed by atoms with Crippen molar-refractivity contribution in [3.63, 3.8) is 0 Å². The molecule has 6 heteroatoms. The van der Waals surface area contributed by atoms with E-state index in [-0.39, 0.29) is 23.7 Å². The predicted molar refractivity (Wildman–Crippen MR) is 127 cm³/mol. The zero-order valence-electron chi connectivity index (χ0n) is 19.3. The second kappa shape index (κ2) is 10.6. The lowest BCUT2D eigenvalue weighted by molar-refractivity contribution is -0.166. The van der Waals surface area contributed by atoms with Crippen molar-refractivity contribution in [2.24, 2.45) is 17.3 Å². The van der Waals surface area contributed by atoms with Crippen LogP contribution in [0.1, 0.15) is 69.8 Å². The maximum atomic E-state index is 13.6. The van der Waals surface area contributed by atoms with Gasteiger partial charge in [-0.15, -0.1) is 0 Å². The van der Waals surface area contributed by atoms with Crippen molar-refractivity contribution >= 4 is 23.5 Å². The number of carbonyl (C=O) groups excluding carboxylic acids is 2. The number of rotatable bonds is 5. The van der Waals surface area contributed by atoms with Gasteiger partial charge in [-0.05, 0) is 69.2 Å². The van der Waals surface area contributed by atoms with Crippen LogP contribution in [0.3, 0.4) is 0 Å². The Hall–Kier alpha value is -1.59. The quantitative estimate of drug-likeness (QED) is 0.642. The minimum atomic E-state index is -0.406. The predicted octanol–water partition coefficient (Wildman–Crippen LogP) is 4.79. The van der Waals surface area contributed by atoms with Crippen LogP contribution in [0.25, 0.3) is 0 Å². The zero-order chi connectivity index (χ0) is 22.6. The number of esters is 1. The summed E-state index contributed by atoms with van der Waals surface area (Å²) in [6, 6.07) is 7.91. The third-order valence-electron chi connectivity index (χ3n) is 8.13. The van der Waals surface area contributed by atoms with Crippen LogP contribution in [0.15, 0.2) is 24.3 Å². The van der Waals surface area contributed by atoms with Crippen LogP contribution in [0.2, 0.25) is 5.02 Å². The number of carbonyl (C=O) groups is 2. The molecule has 3 fully saturated rings. The molecule has 1 aromatic carbocycles. The lowest BCUT2D eigenvalue weighted by Gasteiger charge is -2.47. The van der Waals surface area contributed by atoms with Crippen molar-refractivity contribution in [2.75, 3.05) is 32.8 Å². The van der Waals surface area contributed by atoms with Crippen molar-refractivity contribution < 1.29 is 14.3 Å². The third-order valence-corrected chi connectivity index (χ3v) is 8.39. The SMILES string of the molecule is CCOC(=O)C1(C2CCCCC2)CCN(C(=O)C2CCNCC2c2ccc(Cl)cc2)CC1. The summed E-state index contributed by atoms with van der Waals surface area (Å²) >= 11 is 6.08. The average molecular weight is 461 g/mol. The number of hydrogen-bond acceptors (Lipinski definition) is 4. The first-order valence-corrected chi connectivity index (χ1v) is 12.8. The summed E-state index contributed by atoms with van der Waals surface area (Å²) in [6.45, 7) is 5.30. The molecule has 1 aliphatic carbocycles. The first-order chi connectivity index (χ1) is 15.5. The highest BCUT2D eigenvalue weighted by Crippen LogP contribution is 2.47. The minimum absolute atomic E-state index is 0.0257. The molecule has 0 aromatic heterocycles. The molecule has 1 saturated carbocycles. The second-order valence-electron chi connectivity index (χ2n) is 9.79. The van der Waals surface area contributed by atoms with Crippen molar-refractivity contribution in [3.05, 3.63) is 34.9 Å². The topological polar surface area (TPSA) is 58.6 Å². The Labute approximate surface area is 197 Å². The molecule has 5 nitrogen and oxygen atoms in total. The number of likely N-dealkylation sites (tertiary alicyclic amines) is 1. The van der Waals surface area contributed by atoms with E-state index >= 15 is 0 Å². The van der Waals surface area contributed by atoms with Gasteiger partial charge in [0, 0.05) is 36.5 Å². The lowest BCUT2D eigenvalue weighted by Crippen LogP contribution is -2.53. The molecule has 1 amide bonds. The summed E-state index contributed by atoms with van der Waals surface area (Å²) in [5.74, 6) is 0.742. The Morgan fingerprint density at radius 2 is 1.78 bits per heavy atom. The number of amides is 1. The third kappa shape index (κ3) is 4.84. The molecule has 2 heterocycles. The first kappa shape index (κ1) is 23.6. The molecule has 2 atom stereocenters. The molecule has 1 aromatic rings. The number of piperidine rings is 2. The largest absolute Gasteiger partial charge is 0.466 e. The highest BCUT2D eigenvalue weighted by atomic mass is 35.5. The summed E-state index contributed by atoms with van der Waals surface area (Å²) in [5, 5.41) is 4.17. The van der Waals surface area contributed by atoms with Gasteiger partial charge in [-0.25, -0.2) is 0 Å². The van der Waals surface area contributed by atoms with Crippen molar-refractivity contribution in [1.29, 1.82) is 0 Å². The number of hydrogen-bond donors (Lipinski definition) is 1. The number of benzene rings is 1. The van der Waals surface area contributed by atoms with E-state index in [0.29, 0.717) is 25.6 Å². The smallest absolute Gasteiger partial charge is 0.312 e. The number of nitrogens with zero attached hydrogens (tertiary/aromatic N) is 1. The van der Waals surface area contributed by atoms with E-state index < -0.39 is 5.41 Å². The molecule has 3 aliphatic rings. The molecule has 0 bridgehead atoms. The maximum absolute atomic E-state index is 13.6. The summed E-state index contributed by atoms with van der Waals surface area (Å²) in [4.78, 5) is 28.8. The highest BCUT2D eigenvalue weighted by molar-refractivity contribution is 6.30. The summed E-state index contributed by atoms with van der Waals surface area (Å²) < 4.78 is 5.57. The van der Waals surface area contributed by atoms with E-state index in [1.54, 1.807) is 0 Å². The van der Waals surface area contributed by atoms with E-state index in [0.717, 1.165) is 50.2 Å². The van der Waals surface area contributed by atoms with E-state index in [4.69, 9.17) is 16.3 Å². The van der Waals surface area contributed by atoms with Gasteiger partial charge in [0.15, 0.2) is 0 Å². The van der Waals surface area contributed by atoms with Gasteiger partial charge in [0.05, 0.1) is 12.0 Å². The molecule has 0 radical (unpaired) electrons. The molecule has 2 unspecified atom stereocenters. The normalized spacial score (nSPS) is 26.5. The molecular formula is C26H37ClN2O3. The fourth-order valence-corrected chi connectivity index (χ4v) is 6.41. The number of halogens is 1. The van der Waals surface area contributed by atoms with Gasteiger partial charge in [0.2, 0.25) is 5.91 Å². The summed E-state index contributed by atoms with van der Waals surface area (Å²) in [7, 11) is 0. The Kier molecular flexibility index (Phi) is 7.78. The first-order valence-electron chi connectivity index (χ1n) is 12.5. The van der Waals surface area contributed by atoms with Crippen LogP contribution < -0.4 is 5.32 Å². The number of ether oxygens (including phenoxy) is 1. The minimum Gasteiger partial charge on any atom is -0.466 e. The van der Waals surface area contributed by atoms with Gasteiger partial charge in [0.25, 0.3) is 0 Å². The average Bonchev–Trinajstić information content (AvgIpc) is 2.85. The monoisotopic (exact) mass is 460 g/mol. The lowest BCUT2D eigenvalue weighted by atomic mass is 9.63. The van der Waals surface area contributed by atoms with Crippen LogP contribution in [-0.2, 0) is 14.3 Å². The van der Waals surface area contributed by atoms with Crippen molar-refractivity contribution in [2.45, 2.75) is 64.2 Å². The van der Waals surface area contributed by atoms with E-state index in [1.807, 2.05) is 36.1 Å². The molecule has 1 N–H and O–H groups in total. The number of nitrogens with one attached hydrogen (secondary N) is 1. The Morgan fingerprint density at radius 3 is 2.44 bits per heavy atom. The van der Waals surface area contributed by atoms with Gasteiger partial charge < -0.3 is 15.0 Å². The van der Waals surface area contributed by atoms with E-state index in [2.05, 4.69) is 5.32 Å². The molecule has 0 spiro atoms. The molecule has 2 saturated heterocycles. The Bertz CT molecular complexity index is 783. The fraction of sp³-hybridized carbons (Fsp3) is 0.692. The van der Waals surface area contributed by atoms with Crippen LogP contribution in [0, 0.1) is 17.3 Å². The van der Waals surface area contributed by atoms with Gasteiger partial charge in [-0.1, -0.05) is 43.0 Å².